The number of aromatic amines is 2. The average Bonchev–Trinajstić information content (AvgIpc) is 3.40. The molecule has 5 aromatic heterocycles. The number of carbonyl (C=O) groups excluding carboxylic acids is 1. The number of nitrogens with one attached hydrogen (secondary N) is 3. The molecule has 31 heavy (non-hydrogen) atoms. The van der Waals surface area contributed by atoms with Crippen molar-refractivity contribution in [2.75, 3.05) is 5.32 Å². The Labute approximate surface area is 174 Å². The van der Waals surface area contributed by atoms with E-state index in [4.69, 9.17) is 0 Å². The van der Waals surface area contributed by atoms with Gasteiger partial charge in [0.2, 0.25) is 5.91 Å². The van der Waals surface area contributed by atoms with Crippen molar-refractivity contribution >= 4 is 33.5 Å². The van der Waals surface area contributed by atoms with Crippen molar-refractivity contribution in [1.82, 2.24) is 35.1 Å². The number of hydrogen-bond acceptors (Lipinski definition) is 6. The Balaban J connectivity index is 1.44. The summed E-state index contributed by atoms with van der Waals surface area (Å²) in [4.78, 5) is 32.1. The number of rotatable bonds is 4. The van der Waals surface area contributed by atoms with Crippen LogP contribution in [0.1, 0.15) is 12.8 Å². The zero-order chi connectivity index (χ0) is 20.9. The summed E-state index contributed by atoms with van der Waals surface area (Å²) >= 11 is 0. The summed E-state index contributed by atoms with van der Waals surface area (Å²) < 4.78 is 15.6. The number of fused-ring (bicyclic) bond motifs is 2. The third-order valence-electron chi connectivity index (χ3n) is 5.28. The number of H-pyrrole nitrogens is 2. The van der Waals surface area contributed by atoms with Crippen LogP contribution in [0, 0.1) is 11.7 Å². The molecule has 10 heteroatoms. The highest BCUT2D eigenvalue weighted by Gasteiger charge is 2.29. The van der Waals surface area contributed by atoms with E-state index in [1.165, 1.54) is 18.6 Å². The van der Waals surface area contributed by atoms with E-state index in [0.29, 0.717) is 33.8 Å². The molecule has 0 aromatic carbocycles. The van der Waals surface area contributed by atoms with Gasteiger partial charge in [0.1, 0.15) is 16.9 Å². The van der Waals surface area contributed by atoms with Gasteiger partial charge in [0.15, 0.2) is 11.6 Å². The lowest BCUT2D eigenvalue weighted by Crippen LogP contribution is -2.13. The van der Waals surface area contributed by atoms with Gasteiger partial charge >= 0.3 is 0 Å². The van der Waals surface area contributed by atoms with Crippen molar-refractivity contribution in [2.24, 2.45) is 5.92 Å². The smallest absolute Gasteiger partial charge is 0.227 e. The molecule has 0 aliphatic heterocycles. The van der Waals surface area contributed by atoms with Gasteiger partial charge < -0.3 is 10.3 Å². The van der Waals surface area contributed by atoms with Gasteiger partial charge in [-0.05, 0) is 25.0 Å². The SMILES string of the molecule is O=C(Nc1cncc(-c2ncc3[nH]nc(-c4nc5cnccc5[nH]4)c3c2F)c1)C1CC1. The molecule has 1 amide bonds. The van der Waals surface area contributed by atoms with Crippen molar-refractivity contribution in [3.8, 4) is 22.8 Å². The second-order valence-electron chi connectivity index (χ2n) is 7.49. The Morgan fingerprint density at radius 1 is 1.10 bits per heavy atom. The van der Waals surface area contributed by atoms with Crippen LogP contribution in [0.15, 0.2) is 43.1 Å². The van der Waals surface area contributed by atoms with E-state index in [0.717, 1.165) is 18.4 Å². The van der Waals surface area contributed by atoms with Crippen molar-refractivity contribution in [1.29, 1.82) is 0 Å². The number of hydrogen-bond donors (Lipinski definition) is 3. The Morgan fingerprint density at radius 3 is 2.84 bits per heavy atom. The zero-order valence-electron chi connectivity index (χ0n) is 16.1. The molecular formula is C21H15FN8O. The molecule has 3 N–H and O–H groups in total. The average molecular weight is 414 g/mol. The van der Waals surface area contributed by atoms with Gasteiger partial charge in [0.25, 0.3) is 0 Å². The second-order valence-corrected chi connectivity index (χ2v) is 7.49. The summed E-state index contributed by atoms with van der Waals surface area (Å²) in [6, 6.07) is 3.45. The predicted octanol–water partition coefficient (Wildman–Crippen LogP) is 3.45. The van der Waals surface area contributed by atoms with Gasteiger partial charge in [-0.25, -0.2) is 9.37 Å². The summed E-state index contributed by atoms with van der Waals surface area (Å²) in [5, 5.41) is 10.1. The van der Waals surface area contributed by atoms with Gasteiger partial charge in [0, 0.05) is 23.9 Å². The summed E-state index contributed by atoms with van der Waals surface area (Å²) in [5.74, 6) is -0.108. The molecule has 9 nitrogen and oxygen atoms in total. The molecule has 6 rings (SSSR count). The molecule has 0 saturated heterocycles. The summed E-state index contributed by atoms with van der Waals surface area (Å²) in [6.07, 6.45) is 9.63. The highest BCUT2D eigenvalue weighted by atomic mass is 19.1. The first kappa shape index (κ1) is 17.6. The molecule has 5 heterocycles. The van der Waals surface area contributed by atoms with E-state index >= 15 is 4.39 Å². The van der Waals surface area contributed by atoms with Gasteiger partial charge in [0.05, 0.1) is 40.7 Å². The normalized spacial score (nSPS) is 13.7. The van der Waals surface area contributed by atoms with Gasteiger partial charge in [-0.1, -0.05) is 0 Å². The fourth-order valence-electron chi connectivity index (χ4n) is 3.54. The van der Waals surface area contributed by atoms with Crippen molar-refractivity contribution in [3.05, 3.63) is 48.9 Å². The number of anilines is 1. The standard InChI is InChI=1S/C21H15FN8O/c22-17-16-15(29-30-19(16)20-27-13-3-4-23-8-14(13)28-20)9-25-18(17)11-5-12(7-24-6-11)26-21(31)10-1-2-10/h3-10H,1-2H2,(H,26,31)(H,27,28)(H,29,30). The lowest BCUT2D eigenvalue weighted by atomic mass is 10.1. The van der Waals surface area contributed by atoms with E-state index in [-0.39, 0.29) is 22.9 Å². The molecule has 0 atom stereocenters. The fraction of sp³-hybridized carbons (Fsp3) is 0.143. The molecule has 1 fully saturated rings. The topological polar surface area (TPSA) is 125 Å². The van der Waals surface area contributed by atoms with Gasteiger partial charge in [-0.2, -0.15) is 5.10 Å². The zero-order valence-corrected chi connectivity index (χ0v) is 16.1. The highest BCUT2D eigenvalue weighted by Crippen LogP contribution is 2.33. The van der Waals surface area contributed by atoms with Gasteiger partial charge in [-0.3, -0.25) is 24.8 Å². The maximum Gasteiger partial charge on any atom is 0.227 e. The van der Waals surface area contributed by atoms with Crippen LogP contribution in [-0.2, 0) is 4.79 Å². The Kier molecular flexibility index (Phi) is 3.79. The number of halogens is 1. The molecule has 1 saturated carbocycles. The van der Waals surface area contributed by atoms with Crippen molar-refractivity contribution in [3.63, 3.8) is 0 Å². The monoisotopic (exact) mass is 414 g/mol. The molecule has 0 bridgehead atoms. The minimum atomic E-state index is -0.549. The fourth-order valence-corrected chi connectivity index (χ4v) is 3.54. The Bertz CT molecular complexity index is 1440. The molecule has 1 aliphatic rings. The summed E-state index contributed by atoms with van der Waals surface area (Å²) in [7, 11) is 0. The molecule has 0 spiro atoms. The van der Waals surface area contributed by atoms with E-state index in [9.17, 15) is 4.79 Å². The van der Waals surface area contributed by atoms with Crippen LogP contribution in [0.2, 0.25) is 0 Å². The van der Waals surface area contributed by atoms with E-state index in [1.807, 2.05) is 0 Å². The van der Waals surface area contributed by atoms with Crippen LogP contribution in [-0.4, -0.2) is 41.0 Å². The largest absolute Gasteiger partial charge is 0.336 e. The molecule has 0 radical (unpaired) electrons. The molecule has 5 aromatic rings. The van der Waals surface area contributed by atoms with Crippen LogP contribution in [0.5, 0.6) is 0 Å². The van der Waals surface area contributed by atoms with Crippen LogP contribution in [0.25, 0.3) is 44.7 Å². The maximum atomic E-state index is 15.6. The minimum Gasteiger partial charge on any atom is -0.336 e. The number of aromatic nitrogens is 7. The molecule has 152 valence electrons. The number of pyridine rings is 3. The summed E-state index contributed by atoms with van der Waals surface area (Å²) in [6.45, 7) is 0. The summed E-state index contributed by atoms with van der Waals surface area (Å²) in [5.41, 5.74) is 3.30. The van der Waals surface area contributed by atoms with Crippen LogP contribution in [0.3, 0.4) is 0 Å². The van der Waals surface area contributed by atoms with Crippen molar-refractivity contribution in [2.45, 2.75) is 12.8 Å². The lowest BCUT2D eigenvalue weighted by Gasteiger charge is -2.07. The quantitative estimate of drug-likeness (QED) is 0.414. The number of imidazole rings is 1. The Morgan fingerprint density at radius 2 is 2.00 bits per heavy atom. The number of carbonyl (C=O) groups is 1. The van der Waals surface area contributed by atoms with E-state index in [2.05, 4.69) is 40.4 Å². The molecular weight excluding hydrogens is 399 g/mol. The second kappa shape index (κ2) is 6.66. The third-order valence-corrected chi connectivity index (χ3v) is 5.28. The Hall–Kier alpha value is -4.21. The first-order chi connectivity index (χ1) is 15.2. The lowest BCUT2D eigenvalue weighted by molar-refractivity contribution is -0.117. The number of amides is 1. The number of nitrogens with zero attached hydrogens (tertiary/aromatic N) is 5. The first-order valence-electron chi connectivity index (χ1n) is 9.76. The van der Waals surface area contributed by atoms with Crippen LogP contribution < -0.4 is 5.32 Å². The minimum absolute atomic E-state index is 0.0423. The van der Waals surface area contributed by atoms with Gasteiger partial charge in [-0.15, -0.1) is 0 Å². The van der Waals surface area contributed by atoms with Crippen molar-refractivity contribution < 1.29 is 9.18 Å². The first-order valence-corrected chi connectivity index (χ1v) is 9.76. The van der Waals surface area contributed by atoms with Crippen LogP contribution in [0.4, 0.5) is 10.1 Å². The molecule has 0 unspecified atom stereocenters. The third kappa shape index (κ3) is 3.00. The highest BCUT2D eigenvalue weighted by molar-refractivity contribution is 5.96. The molecule has 1 aliphatic carbocycles. The van der Waals surface area contributed by atoms with E-state index in [1.54, 1.807) is 24.5 Å². The van der Waals surface area contributed by atoms with E-state index < -0.39 is 5.82 Å². The maximum absolute atomic E-state index is 15.6. The predicted molar refractivity (Wildman–Crippen MR) is 111 cm³/mol. The van der Waals surface area contributed by atoms with Crippen LogP contribution >= 0.6 is 0 Å².